The van der Waals surface area contributed by atoms with Crippen LogP contribution in [0.5, 0.6) is 0 Å². The van der Waals surface area contributed by atoms with Crippen molar-refractivity contribution in [1.82, 2.24) is 19.0 Å². The van der Waals surface area contributed by atoms with E-state index in [9.17, 15) is 4.79 Å². The van der Waals surface area contributed by atoms with Crippen LogP contribution in [0.1, 0.15) is 5.56 Å². The number of carbonyl (C=O) groups is 1. The average Bonchev–Trinajstić information content (AvgIpc) is 2.94. The maximum Gasteiger partial charge on any atom is 0.317 e. The third-order valence-electron chi connectivity index (χ3n) is 3.10. The van der Waals surface area contributed by atoms with E-state index in [0.717, 1.165) is 16.6 Å². The van der Waals surface area contributed by atoms with Gasteiger partial charge >= 0.3 is 6.03 Å². The fourth-order valence-electron chi connectivity index (χ4n) is 2.05. The van der Waals surface area contributed by atoms with Crippen molar-refractivity contribution >= 4 is 28.8 Å². The van der Waals surface area contributed by atoms with Gasteiger partial charge in [0.2, 0.25) is 0 Å². The van der Waals surface area contributed by atoms with Crippen LogP contribution >= 0.6 is 11.7 Å². The molecule has 0 saturated carbocycles. The molecule has 1 aliphatic rings. The lowest BCUT2D eigenvalue weighted by Gasteiger charge is -2.26. The molecule has 0 spiro atoms. The Morgan fingerprint density at radius 3 is 3.05 bits per heavy atom. The first kappa shape index (κ1) is 12.3. The summed E-state index contributed by atoms with van der Waals surface area (Å²) >= 11 is 1.19. The quantitative estimate of drug-likeness (QED) is 0.897. The minimum Gasteiger partial charge on any atom is -0.378 e. The topological polar surface area (TPSA) is 67.4 Å². The molecule has 100 valence electrons. The van der Waals surface area contributed by atoms with Gasteiger partial charge in [-0.1, -0.05) is 12.1 Å². The molecule has 1 fully saturated rings. The molecule has 7 heteroatoms. The van der Waals surface area contributed by atoms with E-state index in [1.165, 1.54) is 11.7 Å². The zero-order valence-electron chi connectivity index (χ0n) is 10.3. The van der Waals surface area contributed by atoms with E-state index in [2.05, 4.69) is 14.1 Å². The van der Waals surface area contributed by atoms with E-state index in [1.54, 1.807) is 4.90 Å². The summed E-state index contributed by atoms with van der Waals surface area (Å²) in [6, 6.07) is 5.76. The molecular weight excluding hydrogens is 264 g/mol. The summed E-state index contributed by atoms with van der Waals surface area (Å²) in [4.78, 5) is 13.7. The fourth-order valence-corrected chi connectivity index (χ4v) is 2.62. The average molecular weight is 278 g/mol. The molecule has 2 heterocycles. The lowest BCUT2D eigenvalue weighted by molar-refractivity contribution is 0.0531. The monoisotopic (exact) mass is 278 g/mol. The van der Waals surface area contributed by atoms with Crippen LogP contribution in [-0.4, -0.2) is 46.0 Å². The van der Waals surface area contributed by atoms with Gasteiger partial charge in [0.05, 0.1) is 24.9 Å². The van der Waals surface area contributed by atoms with Crippen LogP contribution in [0.4, 0.5) is 4.79 Å². The second-order valence-electron chi connectivity index (χ2n) is 4.31. The van der Waals surface area contributed by atoms with Gasteiger partial charge in [0, 0.05) is 25.2 Å². The van der Waals surface area contributed by atoms with E-state index < -0.39 is 0 Å². The maximum atomic E-state index is 12.0. The molecule has 19 heavy (non-hydrogen) atoms. The number of morpholine rings is 1. The van der Waals surface area contributed by atoms with Crippen LogP contribution < -0.4 is 5.32 Å². The van der Waals surface area contributed by atoms with Crippen LogP contribution in [-0.2, 0) is 11.3 Å². The minimum atomic E-state index is -0.0523. The fraction of sp³-hybridized carbons (Fsp3) is 0.417. The van der Waals surface area contributed by atoms with Crippen molar-refractivity contribution in [3.8, 4) is 0 Å². The number of hydrogen-bond donors (Lipinski definition) is 1. The lowest BCUT2D eigenvalue weighted by atomic mass is 10.2. The Bertz CT molecular complexity index is 580. The van der Waals surface area contributed by atoms with Gasteiger partial charge in [0.25, 0.3) is 0 Å². The number of hydrogen-bond acceptors (Lipinski definition) is 5. The molecule has 0 bridgehead atoms. The molecule has 2 aromatic rings. The second-order valence-corrected chi connectivity index (χ2v) is 4.84. The molecule has 3 rings (SSSR count). The Hall–Kier alpha value is -1.73. The summed E-state index contributed by atoms with van der Waals surface area (Å²) in [5.74, 6) is 0. The number of benzene rings is 1. The molecule has 0 aliphatic carbocycles. The van der Waals surface area contributed by atoms with Crippen molar-refractivity contribution < 1.29 is 9.53 Å². The molecule has 0 radical (unpaired) electrons. The number of fused-ring (bicyclic) bond motifs is 1. The zero-order chi connectivity index (χ0) is 13.1. The van der Waals surface area contributed by atoms with Gasteiger partial charge in [0.1, 0.15) is 11.0 Å². The smallest absolute Gasteiger partial charge is 0.317 e. The van der Waals surface area contributed by atoms with Crippen LogP contribution in [0.3, 0.4) is 0 Å². The van der Waals surface area contributed by atoms with Gasteiger partial charge in [-0.3, -0.25) is 0 Å². The molecule has 0 unspecified atom stereocenters. The zero-order valence-corrected chi connectivity index (χ0v) is 11.2. The summed E-state index contributed by atoms with van der Waals surface area (Å²) in [5, 5.41) is 2.92. The molecule has 1 aromatic carbocycles. The second kappa shape index (κ2) is 5.50. The normalized spacial score (nSPS) is 15.7. The van der Waals surface area contributed by atoms with Crippen LogP contribution in [0, 0.1) is 0 Å². The Morgan fingerprint density at radius 1 is 1.37 bits per heavy atom. The summed E-state index contributed by atoms with van der Waals surface area (Å²) in [5.41, 5.74) is 2.74. The first-order valence-electron chi connectivity index (χ1n) is 6.15. The highest BCUT2D eigenvalue weighted by Crippen LogP contribution is 2.16. The molecule has 2 amide bonds. The van der Waals surface area contributed by atoms with Crippen LogP contribution in [0.2, 0.25) is 0 Å². The molecule has 1 aromatic heterocycles. The van der Waals surface area contributed by atoms with Crippen molar-refractivity contribution in [2.75, 3.05) is 26.3 Å². The summed E-state index contributed by atoms with van der Waals surface area (Å²) in [6.07, 6.45) is 0. The van der Waals surface area contributed by atoms with Gasteiger partial charge in [-0.15, -0.1) is 0 Å². The Kier molecular flexibility index (Phi) is 3.56. The highest BCUT2D eigenvalue weighted by molar-refractivity contribution is 7.00. The van der Waals surface area contributed by atoms with Gasteiger partial charge in [-0.05, 0) is 6.07 Å². The number of carbonyl (C=O) groups excluding carboxylic acids is 1. The number of aromatic nitrogens is 2. The summed E-state index contributed by atoms with van der Waals surface area (Å²) < 4.78 is 13.7. The number of rotatable bonds is 2. The van der Waals surface area contributed by atoms with E-state index in [1.807, 2.05) is 18.2 Å². The number of amides is 2. The highest BCUT2D eigenvalue weighted by Gasteiger charge is 2.16. The van der Waals surface area contributed by atoms with Gasteiger partial charge in [-0.2, -0.15) is 8.75 Å². The third kappa shape index (κ3) is 2.66. The Labute approximate surface area is 114 Å². The predicted molar refractivity (Wildman–Crippen MR) is 72.0 cm³/mol. The van der Waals surface area contributed by atoms with Crippen LogP contribution in [0.15, 0.2) is 18.2 Å². The van der Waals surface area contributed by atoms with Crippen molar-refractivity contribution in [2.45, 2.75) is 6.54 Å². The van der Waals surface area contributed by atoms with Gasteiger partial charge in [-0.25, -0.2) is 4.79 Å². The van der Waals surface area contributed by atoms with Gasteiger partial charge in [0.15, 0.2) is 0 Å². The third-order valence-corrected chi connectivity index (χ3v) is 3.64. The maximum absolute atomic E-state index is 12.0. The lowest BCUT2D eigenvalue weighted by Crippen LogP contribution is -2.45. The van der Waals surface area contributed by atoms with E-state index in [0.29, 0.717) is 32.8 Å². The van der Waals surface area contributed by atoms with Crippen molar-refractivity contribution in [1.29, 1.82) is 0 Å². The molecular formula is C12H14N4O2S. The largest absolute Gasteiger partial charge is 0.378 e. The number of ether oxygens (including phenoxy) is 1. The Morgan fingerprint density at radius 2 is 2.21 bits per heavy atom. The standard InChI is InChI=1S/C12H14N4O2S/c17-12(16-4-6-18-7-5-16)13-8-9-2-1-3-10-11(9)15-19-14-10/h1-3H,4-8H2,(H,13,17). The van der Waals surface area contributed by atoms with Gasteiger partial charge < -0.3 is 15.0 Å². The minimum absolute atomic E-state index is 0.0523. The molecule has 0 atom stereocenters. The van der Waals surface area contributed by atoms with Crippen molar-refractivity contribution in [2.24, 2.45) is 0 Å². The number of nitrogens with zero attached hydrogens (tertiary/aromatic N) is 3. The van der Waals surface area contributed by atoms with E-state index in [4.69, 9.17) is 4.74 Å². The first-order chi connectivity index (χ1) is 9.34. The SMILES string of the molecule is O=C(NCc1cccc2nsnc12)N1CCOCC1. The number of urea groups is 1. The summed E-state index contributed by atoms with van der Waals surface area (Å²) in [7, 11) is 0. The Balaban J connectivity index is 1.65. The molecule has 1 aliphatic heterocycles. The first-order valence-corrected chi connectivity index (χ1v) is 6.88. The molecule has 6 nitrogen and oxygen atoms in total. The van der Waals surface area contributed by atoms with E-state index in [-0.39, 0.29) is 6.03 Å². The number of nitrogens with one attached hydrogen (secondary N) is 1. The van der Waals surface area contributed by atoms with Crippen molar-refractivity contribution in [3.05, 3.63) is 23.8 Å². The predicted octanol–water partition coefficient (Wildman–Crippen LogP) is 1.23. The summed E-state index contributed by atoms with van der Waals surface area (Å²) in [6.45, 7) is 2.99. The molecule has 1 N–H and O–H groups in total. The highest BCUT2D eigenvalue weighted by atomic mass is 32.1. The van der Waals surface area contributed by atoms with Crippen LogP contribution in [0.25, 0.3) is 11.0 Å². The van der Waals surface area contributed by atoms with Crippen molar-refractivity contribution in [3.63, 3.8) is 0 Å². The van der Waals surface area contributed by atoms with E-state index >= 15 is 0 Å². The molecule has 1 saturated heterocycles.